The molecule has 3 rings (SSSR count). The molecule has 0 aromatic heterocycles. The number of fused-ring (bicyclic) bond motifs is 1. The molecule has 1 aliphatic carbocycles. The highest BCUT2D eigenvalue weighted by Crippen LogP contribution is 2.27. The first kappa shape index (κ1) is 12.9. The molecular formula is C14H22N2O3. The maximum atomic E-state index is 12.5. The minimum absolute atomic E-state index is 0.0115. The number of piperidine rings is 1. The summed E-state index contributed by atoms with van der Waals surface area (Å²) < 4.78 is 5.52. The zero-order valence-corrected chi connectivity index (χ0v) is 11.3. The van der Waals surface area contributed by atoms with Gasteiger partial charge in [0.25, 0.3) is 0 Å². The molecule has 0 aromatic carbocycles. The molecule has 1 N–H and O–H groups in total. The van der Waals surface area contributed by atoms with E-state index in [0.717, 1.165) is 25.8 Å². The largest absolute Gasteiger partial charge is 0.366 e. The fraction of sp³-hybridized carbons (Fsp3) is 0.857. The number of nitrogens with one attached hydrogen (secondary N) is 1. The van der Waals surface area contributed by atoms with Gasteiger partial charge in [0.1, 0.15) is 6.61 Å². The average Bonchev–Trinajstić information content (AvgIpc) is 2.46. The molecule has 0 bridgehead atoms. The Hall–Kier alpha value is -1.10. The van der Waals surface area contributed by atoms with Gasteiger partial charge in [0.15, 0.2) is 0 Å². The van der Waals surface area contributed by atoms with Gasteiger partial charge in [0.05, 0.1) is 12.1 Å². The van der Waals surface area contributed by atoms with Gasteiger partial charge in [-0.25, -0.2) is 0 Å². The normalized spacial score (nSPS) is 32.6. The Morgan fingerprint density at radius 2 is 2.00 bits per heavy atom. The Bertz CT molecular complexity index is 366. The van der Waals surface area contributed by atoms with Crippen LogP contribution in [0.4, 0.5) is 0 Å². The molecule has 0 radical (unpaired) electrons. The van der Waals surface area contributed by atoms with Crippen LogP contribution in [-0.4, -0.2) is 48.6 Å². The first-order valence-electron chi connectivity index (χ1n) is 7.44. The van der Waals surface area contributed by atoms with E-state index in [9.17, 15) is 9.59 Å². The molecule has 5 nitrogen and oxygen atoms in total. The fourth-order valence-electron chi connectivity index (χ4n) is 3.51. The summed E-state index contributed by atoms with van der Waals surface area (Å²) in [6, 6.07) is -0.0115. The molecule has 3 fully saturated rings. The second kappa shape index (κ2) is 5.49. The van der Waals surface area contributed by atoms with Gasteiger partial charge >= 0.3 is 0 Å². The SMILES string of the molecule is O=C1COC2CCN(C(=O)C3CCCCC3)CC2N1. The van der Waals surface area contributed by atoms with Gasteiger partial charge in [-0.15, -0.1) is 0 Å². The first-order chi connectivity index (χ1) is 9.24. The lowest BCUT2D eigenvalue weighted by Gasteiger charge is -2.42. The molecular weight excluding hydrogens is 244 g/mol. The number of morpholine rings is 1. The predicted molar refractivity (Wildman–Crippen MR) is 69.4 cm³/mol. The zero-order chi connectivity index (χ0) is 13.2. The number of ether oxygens (including phenoxy) is 1. The lowest BCUT2D eigenvalue weighted by Crippen LogP contribution is -2.61. The lowest BCUT2D eigenvalue weighted by atomic mass is 9.87. The van der Waals surface area contributed by atoms with Crippen molar-refractivity contribution in [3.8, 4) is 0 Å². The number of amides is 2. The van der Waals surface area contributed by atoms with Crippen molar-refractivity contribution in [3.63, 3.8) is 0 Å². The Balaban J connectivity index is 1.59. The highest BCUT2D eigenvalue weighted by molar-refractivity contribution is 5.80. The van der Waals surface area contributed by atoms with Crippen molar-refractivity contribution >= 4 is 11.8 Å². The molecule has 106 valence electrons. The number of carbonyl (C=O) groups is 2. The smallest absolute Gasteiger partial charge is 0.246 e. The van der Waals surface area contributed by atoms with Crippen LogP contribution in [0.25, 0.3) is 0 Å². The van der Waals surface area contributed by atoms with E-state index in [0.29, 0.717) is 6.54 Å². The van der Waals surface area contributed by atoms with E-state index in [-0.39, 0.29) is 36.5 Å². The third kappa shape index (κ3) is 2.76. The first-order valence-corrected chi connectivity index (χ1v) is 7.44. The maximum absolute atomic E-state index is 12.5. The summed E-state index contributed by atoms with van der Waals surface area (Å²) in [4.78, 5) is 25.8. The molecule has 2 atom stereocenters. The van der Waals surface area contributed by atoms with E-state index < -0.39 is 0 Å². The van der Waals surface area contributed by atoms with Crippen molar-refractivity contribution in [2.24, 2.45) is 5.92 Å². The number of hydrogen-bond donors (Lipinski definition) is 1. The van der Waals surface area contributed by atoms with Crippen LogP contribution in [0.2, 0.25) is 0 Å². The van der Waals surface area contributed by atoms with Crippen molar-refractivity contribution in [1.82, 2.24) is 10.2 Å². The molecule has 0 aromatic rings. The number of hydrogen-bond acceptors (Lipinski definition) is 3. The minimum atomic E-state index is -0.0618. The van der Waals surface area contributed by atoms with Crippen LogP contribution >= 0.6 is 0 Å². The quantitative estimate of drug-likeness (QED) is 0.759. The van der Waals surface area contributed by atoms with Crippen LogP contribution < -0.4 is 5.32 Å². The Labute approximate surface area is 113 Å². The van der Waals surface area contributed by atoms with Crippen LogP contribution in [0.5, 0.6) is 0 Å². The average molecular weight is 266 g/mol. The molecule has 5 heteroatoms. The number of carbonyl (C=O) groups excluding carboxylic acids is 2. The molecule has 1 saturated carbocycles. The van der Waals surface area contributed by atoms with E-state index in [1.807, 2.05) is 4.90 Å². The fourth-order valence-corrected chi connectivity index (χ4v) is 3.51. The minimum Gasteiger partial charge on any atom is -0.366 e. The molecule has 3 aliphatic rings. The standard InChI is InChI=1S/C14H22N2O3/c17-13-9-19-12-6-7-16(8-11(12)15-13)14(18)10-4-2-1-3-5-10/h10-12H,1-9H2,(H,15,17). The van der Waals surface area contributed by atoms with Crippen molar-refractivity contribution < 1.29 is 14.3 Å². The van der Waals surface area contributed by atoms with Crippen LogP contribution in [0.1, 0.15) is 38.5 Å². The molecule has 2 saturated heterocycles. The van der Waals surface area contributed by atoms with Crippen molar-refractivity contribution in [1.29, 1.82) is 0 Å². The molecule has 2 heterocycles. The number of rotatable bonds is 1. The molecule has 2 amide bonds. The van der Waals surface area contributed by atoms with Crippen LogP contribution in [0.15, 0.2) is 0 Å². The topological polar surface area (TPSA) is 58.6 Å². The second-order valence-corrected chi connectivity index (χ2v) is 5.93. The predicted octanol–water partition coefficient (Wildman–Crippen LogP) is 0.683. The van der Waals surface area contributed by atoms with E-state index in [1.54, 1.807) is 0 Å². The Kier molecular flexibility index (Phi) is 3.73. The third-order valence-corrected chi connectivity index (χ3v) is 4.59. The zero-order valence-electron chi connectivity index (χ0n) is 11.3. The van der Waals surface area contributed by atoms with Crippen molar-refractivity contribution in [2.75, 3.05) is 19.7 Å². The Morgan fingerprint density at radius 3 is 2.79 bits per heavy atom. The van der Waals surface area contributed by atoms with E-state index in [2.05, 4.69) is 5.32 Å². The van der Waals surface area contributed by atoms with Gasteiger partial charge < -0.3 is 15.0 Å². The second-order valence-electron chi connectivity index (χ2n) is 5.93. The molecule has 0 spiro atoms. The van der Waals surface area contributed by atoms with Crippen molar-refractivity contribution in [3.05, 3.63) is 0 Å². The van der Waals surface area contributed by atoms with E-state index in [1.165, 1.54) is 19.3 Å². The summed E-state index contributed by atoms with van der Waals surface area (Å²) in [5.74, 6) is 0.441. The number of nitrogens with zero attached hydrogens (tertiary/aromatic N) is 1. The number of likely N-dealkylation sites (tertiary alicyclic amines) is 1. The van der Waals surface area contributed by atoms with E-state index in [4.69, 9.17) is 4.74 Å². The molecule has 19 heavy (non-hydrogen) atoms. The summed E-state index contributed by atoms with van der Waals surface area (Å²) in [6.45, 7) is 1.55. The summed E-state index contributed by atoms with van der Waals surface area (Å²) in [5.41, 5.74) is 0. The van der Waals surface area contributed by atoms with Gasteiger partial charge in [-0.1, -0.05) is 19.3 Å². The van der Waals surface area contributed by atoms with Crippen LogP contribution in [0.3, 0.4) is 0 Å². The Morgan fingerprint density at radius 1 is 1.21 bits per heavy atom. The lowest BCUT2D eigenvalue weighted by molar-refractivity contribution is -0.149. The van der Waals surface area contributed by atoms with Crippen molar-refractivity contribution in [2.45, 2.75) is 50.7 Å². The van der Waals surface area contributed by atoms with Crippen LogP contribution in [0, 0.1) is 5.92 Å². The van der Waals surface area contributed by atoms with Crippen LogP contribution in [-0.2, 0) is 14.3 Å². The van der Waals surface area contributed by atoms with Gasteiger partial charge in [-0.05, 0) is 19.3 Å². The summed E-state index contributed by atoms with van der Waals surface area (Å²) in [7, 11) is 0. The van der Waals surface area contributed by atoms with Gasteiger partial charge in [-0.2, -0.15) is 0 Å². The molecule has 2 unspecified atom stereocenters. The maximum Gasteiger partial charge on any atom is 0.246 e. The van der Waals surface area contributed by atoms with Gasteiger partial charge in [0.2, 0.25) is 11.8 Å². The van der Waals surface area contributed by atoms with Gasteiger partial charge in [0, 0.05) is 19.0 Å². The molecule has 2 aliphatic heterocycles. The monoisotopic (exact) mass is 266 g/mol. The highest BCUT2D eigenvalue weighted by Gasteiger charge is 2.37. The van der Waals surface area contributed by atoms with E-state index >= 15 is 0 Å². The van der Waals surface area contributed by atoms with Gasteiger partial charge in [-0.3, -0.25) is 9.59 Å². The summed E-state index contributed by atoms with van der Waals surface area (Å²) in [5, 5.41) is 2.95. The highest BCUT2D eigenvalue weighted by atomic mass is 16.5. The summed E-state index contributed by atoms with van der Waals surface area (Å²) >= 11 is 0. The third-order valence-electron chi connectivity index (χ3n) is 4.59. The summed E-state index contributed by atoms with van der Waals surface area (Å²) in [6.07, 6.45) is 6.61.